The summed E-state index contributed by atoms with van der Waals surface area (Å²) in [7, 11) is 0. The second-order valence-electron chi connectivity index (χ2n) is 6.05. The molecule has 0 saturated carbocycles. The van der Waals surface area contributed by atoms with E-state index in [9.17, 15) is 0 Å². The summed E-state index contributed by atoms with van der Waals surface area (Å²) in [5.74, 6) is 2.52. The molecule has 2 aromatic rings. The van der Waals surface area contributed by atoms with Crippen molar-refractivity contribution in [1.82, 2.24) is 9.97 Å². The number of aryl methyl sites for hydroxylation is 1. The number of benzene rings is 1. The van der Waals surface area contributed by atoms with Gasteiger partial charge in [0.05, 0.1) is 0 Å². The maximum absolute atomic E-state index is 5.99. The smallest absolute Gasteiger partial charge is 0.139 e. The van der Waals surface area contributed by atoms with Crippen LogP contribution in [0.1, 0.15) is 44.5 Å². The summed E-state index contributed by atoms with van der Waals surface area (Å²) in [5, 5.41) is 0. The number of anilines is 3. The fourth-order valence-corrected chi connectivity index (χ4v) is 2.89. The summed E-state index contributed by atoms with van der Waals surface area (Å²) in [4.78, 5) is 11.4. The monoisotopic (exact) mass is 282 g/mol. The van der Waals surface area contributed by atoms with Gasteiger partial charge in [0.25, 0.3) is 0 Å². The molecule has 0 radical (unpaired) electrons. The first-order valence-corrected chi connectivity index (χ1v) is 7.58. The molecule has 0 spiro atoms. The topological polar surface area (TPSA) is 55.0 Å². The normalized spacial score (nSPS) is 17.9. The van der Waals surface area contributed by atoms with E-state index < -0.39 is 0 Å². The number of hydrogen-bond donors (Lipinski definition) is 1. The number of rotatable bonds is 2. The summed E-state index contributed by atoms with van der Waals surface area (Å²) < 4.78 is 0. The van der Waals surface area contributed by atoms with Crippen molar-refractivity contribution in [3.63, 3.8) is 0 Å². The van der Waals surface area contributed by atoms with Gasteiger partial charge in [-0.2, -0.15) is 0 Å². The zero-order valence-corrected chi connectivity index (χ0v) is 12.9. The van der Waals surface area contributed by atoms with Crippen LogP contribution in [0, 0.1) is 0 Å². The first kappa shape index (κ1) is 13.9. The molecule has 0 amide bonds. The van der Waals surface area contributed by atoms with E-state index in [-0.39, 0.29) is 5.92 Å². The van der Waals surface area contributed by atoms with Gasteiger partial charge >= 0.3 is 0 Å². The van der Waals surface area contributed by atoms with Crippen molar-refractivity contribution >= 4 is 17.3 Å². The maximum atomic E-state index is 5.99. The molecule has 1 aliphatic rings. The largest absolute Gasteiger partial charge is 0.384 e. The summed E-state index contributed by atoms with van der Waals surface area (Å²) in [6.45, 7) is 6.42. The Balaban J connectivity index is 2.11. The molecule has 1 aromatic carbocycles. The lowest BCUT2D eigenvalue weighted by atomic mass is 9.96. The zero-order chi connectivity index (χ0) is 15.0. The van der Waals surface area contributed by atoms with Crippen LogP contribution >= 0.6 is 0 Å². The van der Waals surface area contributed by atoms with Gasteiger partial charge in [-0.25, -0.2) is 9.97 Å². The van der Waals surface area contributed by atoms with Crippen molar-refractivity contribution in [1.29, 1.82) is 0 Å². The van der Waals surface area contributed by atoms with Crippen LogP contribution in [0.3, 0.4) is 0 Å². The number of nitrogens with zero attached hydrogens (tertiary/aromatic N) is 3. The first-order chi connectivity index (χ1) is 10.1. The number of para-hydroxylation sites is 1. The van der Waals surface area contributed by atoms with Crippen LogP contribution in [0.25, 0.3) is 0 Å². The summed E-state index contributed by atoms with van der Waals surface area (Å²) >= 11 is 0. The molecular formula is C17H22N4. The van der Waals surface area contributed by atoms with Crippen LogP contribution in [0.4, 0.5) is 17.3 Å². The third kappa shape index (κ3) is 2.58. The number of fused-ring (bicyclic) bond motifs is 1. The standard InChI is InChI=1S/C17H22N4/c1-11(2)17-19-15(18)10-16(20-17)21-12(3)8-9-13-6-4-5-7-14(13)21/h4-7,10-12H,8-9H2,1-3H3,(H2,18,19,20). The van der Waals surface area contributed by atoms with Gasteiger partial charge in [-0.05, 0) is 31.4 Å². The SMILES string of the molecule is CC(C)c1nc(N)cc(N2c3ccccc3CCC2C)n1. The average molecular weight is 282 g/mol. The van der Waals surface area contributed by atoms with Crippen LogP contribution in [0.15, 0.2) is 30.3 Å². The lowest BCUT2D eigenvalue weighted by Crippen LogP contribution is -2.34. The molecule has 0 fully saturated rings. The molecule has 110 valence electrons. The van der Waals surface area contributed by atoms with E-state index in [0.29, 0.717) is 11.9 Å². The molecule has 1 aliphatic heterocycles. The number of nitrogen functional groups attached to an aromatic ring is 1. The molecule has 2 N–H and O–H groups in total. The van der Waals surface area contributed by atoms with Gasteiger partial charge < -0.3 is 10.6 Å². The molecular weight excluding hydrogens is 260 g/mol. The van der Waals surface area contributed by atoms with Gasteiger partial charge in [0, 0.05) is 23.7 Å². The molecule has 21 heavy (non-hydrogen) atoms. The Morgan fingerprint density at radius 1 is 1.24 bits per heavy atom. The second kappa shape index (κ2) is 5.35. The Labute approximate surface area is 126 Å². The summed E-state index contributed by atoms with van der Waals surface area (Å²) in [6.07, 6.45) is 2.24. The van der Waals surface area contributed by atoms with Crippen LogP contribution in [0.2, 0.25) is 0 Å². The van der Waals surface area contributed by atoms with E-state index in [0.717, 1.165) is 24.5 Å². The van der Waals surface area contributed by atoms with Crippen LogP contribution < -0.4 is 10.6 Å². The molecule has 1 unspecified atom stereocenters. The minimum Gasteiger partial charge on any atom is -0.384 e. The highest BCUT2D eigenvalue weighted by Gasteiger charge is 2.25. The van der Waals surface area contributed by atoms with E-state index in [1.165, 1.54) is 11.3 Å². The van der Waals surface area contributed by atoms with Crippen LogP contribution in [-0.2, 0) is 6.42 Å². The van der Waals surface area contributed by atoms with Crippen molar-refractivity contribution in [2.45, 2.75) is 45.6 Å². The molecule has 4 heteroatoms. The number of hydrogen-bond acceptors (Lipinski definition) is 4. The average Bonchev–Trinajstić information content (AvgIpc) is 2.46. The molecule has 0 saturated heterocycles. The quantitative estimate of drug-likeness (QED) is 0.913. The summed E-state index contributed by atoms with van der Waals surface area (Å²) in [6, 6.07) is 10.8. The van der Waals surface area contributed by atoms with Crippen molar-refractivity contribution < 1.29 is 0 Å². The van der Waals surface area contributed by atoms with E-state index in [2.05, 4.69) is 54.9 Å². The van der Waals surface area contributed by atoms with Crippen molar-refractivity contribution in [2.75, 3.05) is 10.6 Å². The lowest BCUT2D eigenvalue weighted by molar-refractivity contribution is 0.610. The Morgan fingerprint density at radius 2 is 2.00 bits per heavy atom. The second-order valence-corrected chi connectivity index (χ2v) is 6.05. The zero-order valence-electron chi connectivity index (χ0n) is 12.9. The van der Waals surface area contributed by atoms with Crippen molar-refractivity contribution in [3.05, 3.63) is 41.7 Å². The maximum Gasteiger partial charge on any atom is 0.139 e. The minimum absolute atomic E-state index is 0.266. The van der Waals surface area contributed by atoms with Gasteiger partial charge in [0.1, 0.15) is 17.5 Å². The van der Waals surface area contributed by atoms with Crippen molar-refractivity contribution in [2.24, 2.45) is 0 Å². The molecule has 1 atom stereocenters. The third-order valence-corrected chi connectivity index (χ3v) is 4.04. The minimum atomic E-state index is 0.266. The van der Waals surface area contributed by atoms with Gasteiger partial charge in [-0.15, -0.1) is 0 Å². The fourth-order valence-electron chi connectivity index (χ4n) is 2.89. The molecule has 0 aliphatic carbocycles. The Hall–Kier alpha value is -2.10. The molecule has 1 aromatic heterocycles. The summed E-state index contributed by atoms with van der Waals surface area (Å²) in [5.41, 5.74) is 8.61. The number of nitrogens with two attached hydrogens (primary N) is 1. The molecule has 0 bridgehead atoms. The lowest BCUT2D eigenvalue weighted by Gasteiger charge is -2.36. The van der Waals surface area contributed by atoms with Crippen molar-refractivity contribution in [3.8, 4) is 0 Å². The predicted octanol–water partition coefficient (Wildman–Crippen LogP) is 3.66. The van der Waals surface area contributed by atoms with Crippen LogP contribution in [0.5, 0.6) is 0 Å². The highest BCUT2D eigenvalue weighted by Crippen LogP contribution is 2.36. The van der Waals surface area contributed by atoms with Gasteiger partial charge in [-0.3, -0.25) is 0 Å². The first-order valence-electron chi connectivity index (χ1n) is 7.58. The van der Waals surface area contributed by atoms with E-state index in [4.69, 9.17) is 10.7 Å². The Bertz CT molecular complexity index is 651. The van der Waals surface area contributed by atoms with Gasteiger partial charge in [0.15, 0.2) is 0 Å². The van der Waals surface area contributed by atoms with Gasteiger partial charge in [0.2, 0.25) is 0 Å². The Morgan fingerprint density at radius 3 is 2.76 bits per heavy atom. The van der Waals surface area contributed by atoms with Crippen LogP contribution in [-0.4, -0.2) is 16.0 Å². The fraction of sp³-hybridized carbons (Fsp3) is 0.412. The van der Waals surface area contributed by atoms with E-state index in [1.54, 1.807) is 0 Å². The highest BCUT2D eigenvalue weighted by molar-refractivity contribution is 5.67. The predicted molar refractivity (Wildman–Crippen MR) is 86.9 cm³/mol. The van der Waals surface area contributed by atoms with E-state index >= 15 is 0 Å². The molecule has 4 nitrogen and oxygen atoms in total. The molecule has 3 rings (SSSR count). The number of aromatic nitrogens is 2. The third-order valence-electron chi connectivity index (χ3n) is 4.04. The van der Waals surface area contributed by atoms with Gasteiger partial charge in [-0.1, -0.05) is 32.0 Å². The Kier molecular flexibility index (Phi) is 3.53. The highest BCUT2D eigenvalue weighted by atomic mass is 15.2. The van der Waals surface area contributed by atoms with E-state index in [1.807, 2.05) is 6.07 Å². The molecule has 2 heterocycles.